The number of thioether (sulfide) groups is 1. The normalized spacial score (nSPS) is 20.4. The number of aliphatic hydroxyl groups excluding tert-OH is 1. The van der Waals surface area contributed by atoms with Crippen molar-refractivity contribution in [2.75, 3.05) is 19.3 Å². The van der Waals surface area contributed by atoms with Gasteiger partial charge < -0.3 is 15.2 Å². The molecule has 0 bridgehead atoms. The summed E-state index contributed by atoms with van der Waals surface area (Å²) in [6.07, 6.45) is 0.402. The van der Waals surface area contributed by atoms with Gasteiger partial charge in [0.2, 0.25) is 10.0 Å². The van der Waals surface area contributed by atoms with Gasteiger partial charge in [0.15, 0.2) is 0 Å². The van der Waals surface area contributed by atoms with E-state index in [1.165, 1.54) is 4.31 Å². The summed E-state index contributed by atoms with van der Waals surface area (Å²) >= 11 is 1.60. The van der Waals surface area contributed by atoms with Crippen LogP contribution in [0.4, 0.5) is 4.79 Å². The largest absolute Gasteiger partial charge is 0.444 e. The molecule has 2 aromatic carbocycles. The summed E-state index contributed by atoms with van der Waals surface area (Å²) in [4.78, 5) is 13.9. The zero-order valence-electron chi connectivity index (χ0n) is 19.6. The highest BCUT2D eigenvalue weighted by molar-refractivity contribution is 7.98. The molecule has 7 nitrogen and oxygen atoms in total. The molecule has 2 aromatic rings. The lowest BCUT2D eigenvalue weighted by molar-refractivity contribution is 0.0451. The third-order valence-corrected chi connectivity index (χ3v) is 8.12. The SMILES string of the molecule is CSc1ccc([C@H](NC(=O)OC(C)(C)C)[C@H]2CN(S(=O)(=O)c3ccc(C)cc3)C[C@H]2O)cc1. The number of aliphatic hydroxyl groups is 1. The summed E-state index contributed by atoms with van der Waals surface area (Å²) in [6, 6.07) is 13.7. The number of alkyl carbamates (subject to hydrolysis) is 1. The Kier molecular flexibility index (Phi) is 7.78. The molecule has 1 aliphatic rings. The van der Waals surface area contributed by atoms with Gasteiger partial charge in [0.1, 0.15) is 5.60 Å². The summed E-state index contributed by atoms with van der Waals surface area (Å²) < 4.78 is 33.1. The maximum atomic E-state index is 13.2. The van der Waals surface area contributed by atoms with E-state index in [9.17, 15) is 18.3 Å². The van der Waals surface area contributed by atoms with E-state index in [0.717, 1.165) is 16.0 Å². The van der Waals surface area contributed by atoms with E-state index < -0.39 is 39.8 Å². The van der Waals surface area contributed by atoms with E-state index in [1.54, 1.807) is 56.8 Å². The van der Waals surface area contributed by atoms with Crippen LogP contribution in [-0.4, -0.2) is 55.0 Å². The lowest BCUT2D eigenvalue weighted by Crippen LogP contribution is -2.41. The molecule has 0 radical (unpaired) electrons. The van der Waals surface area contributed by atoms with Crippen molar-refractivity contribution in [1.82, 2.24) is 9.62 Å². The molecule has 0 spiro atoms. The third kappa shape index (κ3) is 6.29. The van der Waals surface area contributed by atoms with Gasteiger partial charge in [-0.3, -0.25) is 0 Å². The minimum Gasteiger partial charge on any atom is -0.444 e. The number of hydrogen-bond acceptors (Lipinski definition) is 6. The van der Waals surface area contributed by atoms with Crippen molar-refractivity contribution in [3.8, 4) is 0 Å². The molecule has 3 rings (SSSR count). The second kappa shape index (κ2) is 10.0. The zero-order chi connectivity index (χ0) is 24.4. The van der Waals surface area contributed by atoms with Crippen LogP contribution in [0.2, 0.25) is 0 Å². The highest BCUT2D eigenvalue weighted by Crippen LogP contribution is 2.34. The number of β-amino-alcohol motifs (C(OH)–C–C–N with tert-alkyl or cyclic N) is 1. The molecule has 2 N–H and O–H groups in total. The number of nitrogens with zero attached hydrogens (tertiary/aromatic N) is 1. The lowest BCUT2D eigenvalue weighted by Gasteiger charge is -2.29. The molecule has 0 aromatic heterocycles. The Hall–Kier alpha value is -2.07. The molecule has 33 heavy (non-hydrogen) atoms. The van der Waals surface area contributed by atoms with Crippen molar-refractivity contribution in [3.05, 3.63) is 59.7 Å². The number of sulfonamides is 1. The van der Waals surface area contributed by atoms with Crippen molar-refractivity contribution < 1.29 is 23.1 Å². The first kappa shape index (κ1) is 25.6. The van der Waals surface area contributed by atoms with E-state index in [4.69, 9.17) is 4.74 Å². The molecule has 180 valence electrons. The first-order valence-corrected chi connectivity index (χ1v) is 13.5. The van der Waals surface area contributed by atoms with Gasteiger partial charge in [-0.15, -0.1) is 11.8 Å². The van der Waals surface area contributed by atoms with Crippen LogP contribution in [-0.2, 0) is 14.8 Å². The van der Waals surface area contributed by atoms with Crippen molar-refractivity contribution in [3.63, 3.8) is 0 Å². The maximum Gasteiger partial charge on any atom is 0.408 e. The molecule has 0 aliphatic carbocycles. The number of hydrogen-bond donors (Lipinski definition) is 2. The average Bonchev–Trinajstić information content (AvgIpc) is 3.13. The predicted octanol–water partition coefficient (Wildman–Crippen LogP) is 3.96. The van der Waals surface area contributed by atoms with Crippen molar-refractivity contribution in [1.29, 1.82) is 0 Å². The second-order valence-corrected chi connectivity index (χ2v) is 12.1. The fraction of sp³-hybridized carbons (Fsp3) is 0.458. The van der Waals surface area contributed by atoms with Gasteiger partial charge in [-0.05, 0) is 63.8 Å². The van der Waals surface area contributed by atoms with Crippen molar-refractivity contribution >= 4 is 27.9 Å². The standard InChI is InChI=1S/C24H32N2O5S2/c1-16-6-12-19(13-7-16)33(29,30)26-14-20(21(27)15-26)22(25-23(28)31-24(2,3)4)17-8-10-18(32-5)11-9-17/h6-13,20-22,27H,14-15H2,1-5H3,(H,25,28)/t20-,21+,22-/m0/s1. The van der Waals surface area contributed by atoms with Gasteiger partial charge in [0.05, 0.1) is 17.0 Å². The minimum absolute atomic E-state index is 0.0454. The van der Waals surface area contributed by atoms with E-state index >= 15 is 0 Å². The summed E-state index contributed by atoms with van der Waals surface area (Å²) in [5.74, 6) is -0.544. The van der Waals surface area contributed by atoms with E-state index in [-0.39, 0.29) is 18.0 Å². The quantitative estimate of drug-likeness (QED) is 0.593. The highest BCUT2D eigenvalue weighted by atomic mass is 32.2. The minimum atomic E-state index is -3.78. The summed E-state index contributed by atoms with van der Waals surface area (Å²) in [5.41, 5.74) is 1.05. The predicted molar refractivity (Wildman–Crippen MR) is 130 cm³/mol. The van der Waals surface area contributed by atoms with Crippen LogP contribution < -0.4 is 5.32 Å². The van der Waals surface area contributed by atoms with Gasteiger partial charge in [-0.25, -0.2) is 13.2 Å². The number of aryl methyl sites for hydroxylation is 1. The first-order valence-electron chi connectivity index (χ1n) is 10.8. The number of carbonyl (C=O) groups excluding carboxylic acids is 1. The highest BCUT2D eigenvalue weighted by Gasteiger charge is 2.43. The zero-order valence-corrected chi connectivity index (χ0v) is 21.2. The number of ether oxygens (including phenoxy) is 1. The monoisotopic (exact) mass is 492 g/mol. The Balaban J connectivity index is 1.89. The Labute approximate surface area is 200 Å². The number of carbonyl (C=O) groups is 1. The van der Waals surface area contributed by atoms with E-state index in [0.29, 0.717) is 0 Å². The number of amides is 1. The summed E-state index contributed by atoms with van der Waals surface area (Å²) in [5, 5.41) is 13.8. The fourth-order valence-corrected chi connectivity index (χ4v) is 5.75. The van der Waals surface area contributed by atoms with Crippen LogP contribution in [0.1, 0.15) is 37.9 Å². The average molecular weight is 493 g/mol. The van der Waals surface area contributed by atoms with Crippen LogP contribution >= 0.6 is 11.8 Å². The molecule has 0 saturated carbocycles. The molecule has 3 atom stereocenters. The molecular weight excluding hydrogens is 460 g/mol. The summed E-state index contributed by atoms with van der Waals surface area (Å²) in [6.45, 7) is 7.24. The van der Waals surface area contributed by atoms with Gasteiger partial charge >= 0.3 is 6.09 Å². The van der Waals surface area contributed by atoms with Crippen LogP contribution in [0.25, 0.3) is 0 Å². The van der Waals surface area contributed by atoms with E-state index in [2.05, 4.69) is 5.32 Å². The van der Waals surface area contributed by atoms with E-state index in [1.807, 2.05) is 37.4 Å². The fourth-order valence-electron chi connectivity index (χ4n) is 3.84. The van der Waals surface area contributed by atoms with Crippen LogP contribution in [0, 0.1) is 12.8 Å². The van der Waals surface area contributed by atoms with Crippen LogP contribution in [0.15, 0.2) is 58.3 Å². The summed E-state index contributed by atoms with van der Waals surface area (Å²) in [7, 11) is -3.78. The first-order chi connectivity index (χ1) is 15.4. The Morgan fingerprint density at radius 3 is 2.27 bits per heavy atom. The Morgan fingerprint density at radius 2 is 1.73 bits per heavy atom. The molecule has 1 fully saturated rings. The molecule has 9 heteroatoms. The number of rotatable bonds is 6. The van der Waals surface area contributed by atoms with Crippen LogP contribution in [0.3, 0.4) is 0 Å². The molecule has 1 saturated heterocycles. The molecule has 0 unspecified atom stereocenters. The van der Waals surface area contributed by atoms with Gasteiger partial charge in [0, 0.05) is 23.9 Å². The van der Waals surface area contributed by atoms with Crippen LogP contribution in [0.5, 0.6) is 0 Å². The van der Waals surface area contributed by atoms with Gasteiger partial charge in [-0.2, -0.15) is 4.31 Å². The Bertz CT molecular complexity index is 1060. The Morgan fingerprint density at radius 1 is 1.12 bits per heavy atom. The number of benzene rings is 2. The van der Waals surface area contributed by atoms with Crippen molar-refractivity contribution in [2.24, 2.45) is 5.92 Å². The molecule has 1 heterocycles. The van der Waals surface area contributed by atoms with Gasteiger partial charge in [0.25, 0.3) is 0 Å². The van der Waals surface area contributed by atoms with Gasteiger partial charge in [-0.1, -0.05) is 29.8 Å². The smallest absolute Gasteiger partial charge is 0.408 e. The van der Waals surface area contributed by atoms with Crippen molar-refractivity contribution in [2.45, 2.75) is 55.2 Å². The third-order valence-electron chi connectivity index (χ3n) is 5.53. The number of nitrogens with one attached hydrogen (secondary N) is 1. The molecular formula is C24H32N2O5S2. The molecule has 1 amide bonds. The lowest BCUT2D eigenvalue weighted by atomic mass is 9.90. The maximum absolute atomic E-state index is 13.2. The second-order valence-electron chi connectivity index (χ2n) is 9.26. The topological polar surface area (TPSA) is 95.9 Å². The molecule has 1 aliphatic heterocycles.